The van der Waals surface area contributed by atoms with E-state index in [2.05, 4.69) is 22.0 Å². The van der Waals surface area contributed by atoms with Crippen LogP contribution < -0.4 is 9.47 Å². The first kappa shape index (κ1) is 25.8. The molecule has 198 valence electrons. The summed E-state index contributed by atoms with van der Waals surface area (Å²) in [6.45, 7) is 0. The molecule has 1 atom stereocenters. The molecule has 1 aromatic heterocycles. The molecular formula is C29H27F3N2O4. The van der Waals surface area contributed by atoms with E-state index in [4.69, 9.17) is 13.9 Å². The lowest BCUT2D eigenvalue weighted by Crippen LogP contribution is -2.32. The van der Waals surface area contributed by atoms with Crippen LogP contribution in [0.5, 0.6) is 11.5 Å². The van der Waals surface area contributed by atoms with E-state index in [-0.39, 0.29) is 24.2 Å². The summed E-state index contributed by atoms with van der Waals surface area (Å²) in [5, 5.41) is 6.62. The minimum Gasteiger partial charge on any atom is -0.493 e. The highest BCUT2D eigenvalue weighted by Crippen LogP contribution is 2.42. The van der Waals surface area contributed by atoms with Gasteiger partial charge in [0, 0.05) is 24.0 Å². The number of carbonyl (C=O) groups is 1. The molecule has 2 aliphatic carbocycles. The highest BCUT2D eigenvalue weighted by atomic mass is 19.4. The van der Waals surface area contributed by atoms with Crippen molar-refractivity contribution in [1.82, 2.24) is 10.2 Å². The van der Waals surface area contributed by atoms with E-state index in [0.29, 0.717) is 41.9 Å². The van der Waals surface area contributed by atoms with Crippen molar-refractivity contribution in [2.45, 2.75) is 69.1 Å². The van der Waals surface area contributed by atoms with Crippen molar-refractivity contribution in [3.63, 3.8) is 0 Å². The number of rotatable bonds is 5. The topological polar surface area (TPSA) is 74.5 Å². The highest BCUT2D eigenvalue weighted by Gasteiger charge is 2.39. The van der Waals surface area contributed by atoms with Crippen LogP contribution in [0, 0.1) is 11.8 Å². The Morgan fingerprint density at radius 1 is 1.05 bits per heavy atom. The van der Waals surface area contributed by atoms with E-state index < -0.39 is 17.5 Å². The van der Waals surface area contributed by atoms with Crippen molar-refractivity contribution in [3.05, 3.63) is 59.5 Å². The zero-order valence-electron chi connectivity index (χ0n) is 20.9. The van der Waals surface area contributed by atoms with Gasteiger partial charge in [0.25, 0.3) is 0 Å². The molecule has 2 saturated carbocycles. The number of nitrogens with zero attached hydrogens (tertiary/aromatic N) is 2. The summed E-state index contributed by atoms with van der Waals surface area (Å²) in [6, 6.07) is 12.3. The average Bonchev–Trinajstić information content (AvgIpc) is 3.60. The molecule has 0 spiro atoms. The molecule has 6 nitrogen and oxygen atoms in total. The number of hydrogen-bond donors (Lipinski definition) is 0. The number of aromatic nitrogens is 2. The minimum atomic E-state index is -4.72. The van der Waals surface area contributed by atoms with Crippen LogP contribution in [0.1, 0.15) is 68.4 Å². The maximum Gasteiger partial charge on any atom is 0.470 e. The third-order valence-corrected chi connectivity index (χ3v) is 7.09. The smallest absolute Gasteiger partial charge is 0.470 e. The van der Waals surface area contributed by atoms with Gasteiger partial charge in [0.05, 0.1) is 18.6 Å². The predicted octanol–water partition coefficient (Wildman–Crippen LogP) is 6.52. The second-order valence-electron chi connectivity index (χ2n) is 9.78. The van der Waals surface area contributed by atoms with Gasteiger partial charge in [-0.2, -0.15) is 13.2 Å². The first-order valence-electron chi connectivity index (χ1n) is 12.7. The van der Waals surface area contributed by atoms with E-state index in [1.54, 1.807) is 31.4 Å². The van der Waals surface area contributed by atoms with Gasteiger partial charge in [0.2, 0.25) is 5.89 Å². The van der Waals surface area contributed by atoms with Crippen molar-refractivity contribution in [3.8, 4) is 34.8 Å². The molecule has 0 N–H and O–H groups in total. The van der Waals surface area contributed by atoms with Gasteiger partial charge in [-0.1, -0.05) is 24.0 Å². The molecule has 2 aromatic carbocycles. The number of carbonyl (C=O) groups excluding carboxylic acids is 1. The zero-order chi connectivity index (χ0) is 26.8. The predicted molar refractivity (Wildman–Crippen MR) is 133 cm³/mol. The van der Waals surface area contributed by atoms with Crippen LogP contribution in [0.2, 0.25) is 0 Å². The van der Waals surface area contributed by atoms with Crippen molar-refractivity contribution in [2.24, 2.45) is 0 Å². The molecule has 2 aliphatic rings. The molecular weight excluding hydrogens is 497 g/mol. The van der Waals surface area contributed by atoms with Crippen molar-refractivity contribution < 1.29 is 31.9 Å². The Bertz CT molecular complexity index is 1380. The van der Waals surface area contributed by atoms with E-state index in [9.17, 15) is 18.0 Å². The summed E-state index contributed by atoms with van der Waals surface area (Å²) in [4.78, 5) is 12.6. The van der Waals surface area contributed by atoms with Crippen LogP contribution in [0.3, 0.4) is 0 Å². The Hall–Kier alpha value is -3.80. The lowest BCUT2D eigenvalue weighted by atomic mass is 9.69. The average molecular weight is 525 g/mol. The molecule has 38 heavy (non-hydrogen) atoms. The highest BCUT2D eigenvalue weighted by molar-refractivity contribution is 5.82. The van der Waals surface area contributed by atoms with Gasteiger partial charge in [0.15, 0.2) is 11.5 Å². The Morgan fingerprint density at radius 3 is 2.58 bits per heavy atom. The molecule has 2 fully saturated rings. The molecule has 9 heteroatoms. The standard InChI is InChI=1S/C29H27F3N2O4/c1-36-24-12-11-21(17-25(24)37-23-9-2-3-10-23)28(14-5-8-22(35)18-28)15-13-19-6-4-7-20(16-19)26-33-34-27(38-26)29(30,31)32/h4,6-7,11-12,16-17,23H,2-3,5,8-10,14,18H2,1H3. The van der Waals surface area contributed by atoms with Gasteiger partial charge in [-0.3, -0.25) is 4.79 Å². The number of alkyl halides is 3. The van der Waals surface area contributed by atoms with Gasteiger partial charge < -0.3 is 13.9 Å². The summed E-state index contributed by atoms with van der Waals surface area (Å²) in [5.74, 6) is 6.28. The van der Waals surface area contributed by atoms with Gasteiger partial charge in [-0.25, -0.2) is 0 Å². The van der Waals surface area contributed by atoms with Crippen LogP contribution in [-0.2, 0) is 16.4 Å². The van der Waals surface area contributed by atoms with Crippen molar-refractivity contribution in [2.75, 3.05) is 7.11 Å². The summed E-state index contributed by atoms with van der Waals surface area (Å²) < 4.78 is 55.3. The number of ketones is 1. The maximum atomic E-state index is 12.9. The summed E-state index contributed by atoms with van der Waals surface area (Å²) in [5.41, 5.74) is 1.04. The minimum absolute atomic E-state index is 0.138. The molecule has 0 aliphatic heterocycles. The Kier molecular flexibility index (Phi) is 7.15. The summed E-state index contributed by atoms with van der Waals surface area (Å²) >= 11 is 0. The largest absolute Gasteiger partial charge is 0.493 e. The Balaban J connectivity index is 1.49. The van der Waals surface area contributed by atoms with Crippen LogP contribution in [0.4, 0.5) is 13.2 Å². The molecule has 0 saturated heterocycles. The van der Waals surface area contributed by atoms with Crippen LogP contribution in [0.25, 0.3) is 11.5 Å². The fourth-order valence-electron chi connectivity index (χ4n) is 5.15. The quantitative estimate of drug-likeness (QED) is 0.354. The van der Waals surface area contributed by atoms with Gasteiger partial charge >= 0.3 is 12.1 Å². The summed E-state index contributed by atoms with van der Waals surface area (Å²) in [7, 11) is 1.60. The number of ether oxygens (including phenoxy) is 2. The first-order valence-corrected chi connectivity index (χ1v) is 12.7. The number of hydrogen-bond acceptors (Lipinski definition) is 6. The molecule has 0 bridgehead atoms. The maximum absolute atomic E-state index is 12.9. The van der Waals surface area contributed by atoms with Crippen LogP contribution in [-0.4, -0.2) is 29.2 Å². The van der Waals surface area contributed by atoms with Crippen LogP contribution >= 0.6 is 0 Å². The number of Topliss-reactive ketones (excluding diaryl/α,β-unsaturated/α-hetero) is 1. The second-order valence-corrected chi connectivity index (χ2v) is 9.78. The zero-order valence-corrected chi connectivity index (χ0v) is 20.9. The van der Waals surface area contributed by atoms with Crippen molar-refractivity contribution in [1.29, 1.82) is 0 Å². The third-order valence-electron chi connectivity index (χ3n) is 7.09. The molecule has 1 heterocycles. The van der Waals surface area contributed by atoms with Gasteiger partial charge in [0.1, 0.15) is 5.78 Å². The monoisotopic (exact) mass is 524 g/mol. The molecule has 0 radical (unpaired) electrons. The van der Waals surface area contributed by atoms with Crippen molar-refractivity contribution >= 4 is 5.78 Å². The van der Waals surface area contributed by atoms with E-state index >= 15 is 0 Å². The SMILES string of the molecule is COc1ccc(C2(C#Cc3cccc(-c4nnc(C(F)(F)F)o4)c3)CCCC(=O)C2)cc1OC1CCCC1. The Labute approximate surface area is 218 Å². The molecule has 5 rings (SSSR count). The van der Waals surface area contributed by atoms with E-state index in [0.717, 1.165) is 31.2 Å². The number of benzene rings is 2. The third kappa shape index (κ3) is 5.54. The lowest BCUT2D eigenvalue weighted by molar-refractivity contribution is -0.157. The Morgan fingerprint density at radius 2 is 1.87 bits per heavy atom. The molecule has 1 unspecified atom stereocenters. The van der Waals surface area contributed by atoms with Gasteiger partial charge in [-0.05, 0) is 74.4 Å². The normalized spacial score (nSPS) is 20.2. The summed E-state index contributed by atoms with van der Waals surface area (Å²) in [6.07, 6.45) is 1.87. The fourth-order valence-corrected chi connectivity index (χ4v) is 5.15. The number of halogens is 3. The lowest BCUT2D eigenvalue weighted by Gasteiger charge is -2.33. The molecule has 3 aromatic rings. The first-order chi connectivity index (χ1) is 18.3. The fraction of sp³-hybridized carbons (Fsp3) is 0.414. The van der Waals surface area contributed by atoms with E-state index in [1.807, 2.05) is 18.2 Å². The number of methoxy groups -OCH3 is 1. The second kappa shape index (κ2) is 10.5. The van der Waals surface area contributed by atoms with Gasteiger partial charge in [-0.15, -0.1) is 10.2 Å². The molecule has 0 amide bonds. The van der Waals surface area contributed by atoms with Crippen LogP contribution in [0.15, 0.2) is 46.9 Å². The van der Waals surface area contributed by atoms with E-state index in [1.165, 1.54) is 0 Å².